The third-order valence-corrected chi connectivity index (χ3v) is 16.3. The van der Waals surface area contributed by atoms with E-state index in [0.717, 1.165) is 67.4 Å². The maximum absolute atomic E-state index is 7.24. The maximum atomic E-state index is 7.24. The van der Waals surface area contributed by atoms with Crippen LogP contribution in [-0.2, 0) is 27.1 Å². The Morgan fingerprint density at radius 3 is 1.63 bits per heavy atom. The van der Waals surface area contributed by atoms with Crippen molar-refractivity contribution in [3.05, 3.63) is 270 Å². The molecule has 0 atom stereocenters. The van der Waals surface area contributed by atoms with Gasteiger partial charge in [0.05, 0.1) is 33.8 Å². The van der Waals surface area contributed by atoms with Crippen molar-refractivity contribution >= 4 is 21.8 Å². The molecule has 0 aliphatic rings. The van der Waals surface area contributed by atoms with Gasteiger partial charge in [0.2, 0.25) is 0 Å². The number of ether oxygens (including phenoxy) is 1. The molecule has 0 saturated heterocycles. The monoisotopic (exact) mass is 1020 g/mol. The van der Waals surface area contributed by atoms with E-state index in [2.05, 4.69) is 315 Å². The van der Waals surface area contributed by atoms with E-state index in [1.807, 2.05) is 6.20 Å². The molecule has 0 unspecified atom stereocenters. The summed E-state index contributed by atoms with van der Waals surface area (Å²) in [4.78, 5) is 5.04. The molecule has 11 rings (SSSR count). The third-order valence-electron chi connectivity index (χ3n) is 16.3. The van der Waals surface area contributed by atoms with Crippen molar-refractivity contribution < 1.29 is 9.30 Å². The molecule has 5 heteroatoms. The molecule has 3 aromatic heterocycles. The van der Waals surface area contributed by atoms with Crippen molar-refractivity contribution in [3.8, 4) is 39.8 Å². The molecular weight excluding hydrogens is 949 g/mol. The zero-order valence-corrected chi connectivity index (χ0v) is 47.5. The fraction of sp³-hybridized carbons (Fsp3) is 0.233. The van der Waals surface area contributed by atoms with Crippen molar-refractivity contribution in [2.75, 3.05) is 0 Å². The second-order valence-electron chi connectivity index (χ2n) is 24.8. The Hall–Kier alpha value is -8.28. The third kappa shape index (κ3) is 9.54. The summed E-state index contributed by atoms with van der Waals surface area (Å²) in [6, 6.07) is 76.8. The zero-order valence-electron chi connectivity index (χ0n) is 47.5. The highest BCUT2D eigenvalue weighted by molar-refractivity contribution is 6.10. The highest BCUT2D eigenvalue weighted by atomic mass is 16.5. The minimum atomic E-state index is -0.513. The molecule has 5 nitrogen and oxygen atoms in total. The number of imidazole rings is 1. The minimum absolute atomic E-state index is 0.0606. The summed E-state index contributed by atoms with van der Waals surface area (Å²) >= 11 is 0. The smallest absolute Gasteiger partial charge is 0.269 e. The van der Waals surface area contributed by atoms with Gasteiger partial charge in [-0.1, -0.05) is 223 Å². The summed E-state index contributed by atoms with van der Waals surface area (Å²) in [6.07, 6.45) is 6.03. The average Bonchev–Trinajstić information content (AvgIpc) is 4.17. The Morgan fingerprint density at radius 1 is 0.410 bits per heavy atom. The molecule has 0 N–H and O–H groups in total. The summed E-state index contributed by atoms with van der Waals surface area (Å²) < 4.78 is 14.2. The summed E-state index contributed by atoms with van der Waals surface area (Å²) in [6.45, 7) is 27.7. The first-order valence-electron chi connectivity index (χ1n) is 27.5. The van der Waals surface area contributed by atoms with Gasteiger partial charge in [0.25, 0.3) is 6.33 Å². The van der Waals surface area contributed by atoms with Crippen LogP contribution in [-0.4, -0.2) is 14.1 Å². The van der Waals surface area contributed by atoms with Crippen LogP contribution in [0.2, 0.25) is 0 Å². The number of hydrogen-bond acceptors (Lipinski definition) is 2. The molecule has 0 saturated carbocycles. The molecular formula is C73H72N4O. The molecule has 8 aromatic carbocycles. The zero-order chi connectivity index (χ0) is 54.8. The van der Waals surface area contributed by atoms with E-state index >= 15 is 0 Å². The Kier molecular flexibility index (Phi) is 13.0. The lowest BCUT2D eigenvalue weighted by atomic mass is 9.73. The second-order valence-corrected chi connectivity index (χ2v) is 24.8. The summed E-state index contributed by atoms with van der Waals surface area (Å²) in [7, 11) is 0. The fourth-order valence-electron chi connectivity index (χ4n) is 11.4. The SMILES string of the molecule is CC(C)(C)c1cc(Oc2ccc3c4cc(-c5ccccc5)ccc4n(-c4cc(C(C)(C)C)ccn4)c3c2)cc(-n2[c-][n+](-c3cccc(C(C)(C)c4ccccc4)c3)c(C(C)(C)c3ccccc3)c2C(C)(C)c2ccccc2)c1. The number of hydrogen-bond donors (Lipinski definition) is 0. The van der Waals surface area contributed by atoms with Crippen LogP contribution in [0.15, 0.2) is 219 Å². The Labute approximate surface area is 462 Å². The Balaban J connectivity index is 1.14. The van der Waals surface area contributed by atoms with Gasteiger partial charge in [-0.05, 0) is 122 Å². The van der Waals surface area contributed by atoms with Crippen LogP contribution in [0.25, 0.3) is 50.1 Å². The number of pyridine rings is 1. The molecule has 0 fully saturated rings. The van der Waals surface area contributed by atoms with E-state index in [9.17, 15) is 0 Å². The van der Waals surface area contributed by atoms with Crippen molar-refractivity contribution in [3.63, 3.8) is 0 Å². The summed E-state index contributed by atoms with van der Waals surface area (Å²) in [5.41, 5.74) is 14.5. The van der Waals surface area contributed by atoms with Crippen molar-refractivity contribution in [1.29, 1.82) is 0 Å². The number of benzene rings is 8. The van der Waals surface area contributed by atoms with Gasteiger partial charge in [-0.25, -0.2) is 4.98 Å². The normalized spacial score (nSPS) is 12.6. The molecule has 0 spiro atoms. The number of fused-ring (bicyclic) bond motifs is 3. The van der Waals surface area contributed by atoms with Gasteiger partial charge >= 0.3 is 0 Å². The minimum Gasteiger partial charge on any atom is -0.458 e. The van der Waals surface area contributed by atoms with E-state index in [1.54, 1.807) is 0 Å². The molecule has 0 bridgehead atoms. The van der Waals surface area contributed by atoms with Crippen LogP contribution < -0.4 is 9.30 Å². The highest BCUT2D eigenvalue weighted by Gasteiger charge is 2.40. The average molecular weight is 1020 g/mol. The molecule has 0 aliphatic heterocycles. The van der Waals surface area contributed by atoms with Crippen LogP contribution in [0.1, 0.15) is 128 Å². The first-order valence-corrected chi connectivity index (χ1v) is 27.5. The first-order chi connectivity index (χ1) is 37.2. The standard InChI is InChI=1S/C73H72N4O/c1-69(2,3)55-40-41-74-66(46-55)77-64-39-36-51(50-26-17-13-18-27-50)42-63(64)62-38-37-60(48-65(62)77)78-61-45-57(70(4,5)6)44-59(47-61)76-49-75(58-35-25-34-56(43-58)71(7,8)52-28-19-14-20-29-52)67(72(9,10)53-30-21-15-22-31-53)68(76)73(11,12)54-32-23-16-24-33-54/h13-48H,1-12H3. The molecule has 11 aromatic rings. The van der Waals surface area contributed by atoms with Gasteiger partial charge in [-0.2, -0.15) is 0 Å². The fourth-order valence-corrected chi connectivity index (χ4v) is 11.4. The van der Waals surface area contributed by atoms with Gasteiger partial charge < -0.3 is 4.74 Å². The van der Waals surface area contributed by atoms with Crippen LogP contribution in [0, 0.1) is 6.33 Å². The van der Waals surface area contributed by atoms with Crippen LogP contribution in [0.4, 0.5) is 0 Å². The molecule has 0 amide bonds. The quantitative estimate of drug-likeness (QED) is 0.0903. The Morgan fingerprint density at radius 2 is 1.00 bits per heavy atom. The van der Waals surface area contributed by atoms with E-state index in [-0.39, 0.29) is 16.2 Å². The largest absolute Gasteiger partial charge is 0.458 e. The van der Waals surface area contributed by atoms with Crippen LogP contribution >= 0.6 is 0 Å². The van der Waals surface area contributed by atoms with E-state index in [4.69, 9.17) is 9.72 Å². The Bertz CT molecular complexity index is 3960. The lowest BCUT2D eigenvalue weighted by Gasteiger charge is -2.35. The lowest BCUT2D eigenvalue weighted by Crippen LogP contribution is -2.43. The molecule has 0 radical (unpaired) electrons. The molecule has 3 heterocycles. The van der Waals surface area contributed by atoms with Crippen molar-refractivity contribution in [1.82, 2.24) is 14.1 Å². The highest BCUT2D eigenvalue weighted by Crippen LogP contribution is 2.44. The van der Waals surface area contributed by atoms with E-state index in [1.165, 1.54) is 38.9 Å². The van der Waals surface area contributed by atoms with E-state index in [0.29, 0.717) is 0 Å². The van der Waals surface area contributed by atoms with Gasteiger partial charge in [-0.3, -0.25) is 13.7 Å². The topological polar surface area (TPSA) is 35.9 Å². The number of nitrogens with zero attached hydrogens (tertiary/aromatic N) is 4. The molecule has 0 aliphatic carbocycles. The predicted octanol–water partition coefficient (Wildman–Crippen LogP) is 18.1. The maximum Gasteiger partial charge on any atom is 0.269 e. The van der Waals surface area contributed by atoms with Gasteiger partial charge in [-0.15, -0.1) is 0 Å². The molecule has 78 heavy (non-hydrogen) atoms. The second kappa shape index (κ2) is 19.6. The predicted molar refractivity (Wildman–Crippen MR) is 323 cm³/mol. The number of rotatable bonds is 12. The van der Waals surface area contributed by atoms with Crippen LogP contribution in [0.3, 0.4) is 0 Å². The number of aromatic nitrogens is 4. The summed E-state index contributed by atoms with van der Waals surface area (Å²) in [5, 5.41) is 2.29. The van der Waals surface area contributed by atoms with Crippen LogP contribution in [0.5, 0.6) is 11.5 Å². The van der Waals surface area contributed by atoms with Crippen molar-refractivity contribution in [2.24, 2.45) is 0 Å². The van der Waals surface area contributed by atoms with Crippen molar-refractivity contribution in [2.45, 2.75) is 110 Å². The van der Waals surface area contributed by atoms with Gasteiger partial charge in [0.1, 0.15) is 17.3 Å². The van der Waals surface area contributed by atoms with E-state index < -0.39 is 10.8 Å². The summed E-state index contributed by atoms with van der Waals surface area (Å²) in [5.74, 6) is 2.35. The first kappa shape index (κ1) is 51.8. The molecule has 390 valence electrons. The lowest BCUT2D eigenvalue weighted by molar-refractivity contribution is -0.611. The van der Waals surface area contributed by atoms with Gasteiger partial charge in [0.15, 0.2) is 0 Å². The van der Waals surface area contributed by atoms with Gasteiger partial charge in [0, 0.05) is 39.3 Å².